The van der Waals surface area contributed by atoms with Crippen LogP contribution in [0.15, 0.2) is 18.3 Å². The summed E-state index contributed by atoms with van der Waals surface area (Å²) in [6.45, 7) is 4.34. The summed E-state index contributed by atoms with van der Waals surface area (Å²) in [4.78, 5) is 3.92. The number of nitrogens with zero attached hydrogens (tertiary/aromatic N) is 1. The molecular formula is C10H15ClN2. The van der Waals surface area contributed by atoms with Gasteiger partial charge in [0.15, 0.2) is 0 Å². The minimum absolute atomic E-state index is 0.489. The molecule has 1 unspecified atom stereocenters. The maximum atomic E-state index is 5.75. The minimum atomic E-state index is 0.489. The van der Waals surface area contributed by atoms with E-state index in [0.29, 0.717) is 11.2 Å². The fourth-order valence-electron chi connectivity index (χ4n) is 1.28. The average Bonchev–Trinajstić information content (AvgIpc) is 2.04. The SMILES string of the molecule is CCCC(C)Nc1ccnc(Cl)c1. The highest BCUT2D eigenvalue weighted by Crippen LogP contribution is 2.13. The number of pyridine rings is 1. The molecule has 1 aromatic rings. The van der Waals surface area contributed by atoms with Crippen molar-refractivity contribution in [3.05, 3.63) is 23.5 Å². The average molecular weight is 199 g/mol. The van der Waals surface area contributed by atoms with Gasteiger partial charge in [0.05, 0.1) is 0 Å². The highest BCUT2D eigenvalue weighted by Gasteiger charge is 2.00. The topological polar surface area (TPSA) is 24.9 Å². The Morgan fingerprint density at radius 1 is 1.62 bits per heavy atom. The van der Waals surface area contributed by atoms with Gasteiger partial charge in [0.25, 0.3) is 0 Å². The molecule has 0 aliphatic rings. The van der Waals surface area contributed by atoms with E-state index in [2.05, 4.69) is 24.1 Å². The van der Waals surface area contributed by atoms with Crippen molar-refractivity contribution in [1.82, 2.24) is 4.98 Å². The number of aromatic nitrogens is 1. The summed E-state index contributed by atoms with van der Waals surface area (Å²) in [5.41, 5.74) is 1.04. The Morgan fingerprint density at radius 2 is 2.38 bits per heavy atom. The molecule has 0 amide bonds. The summed E-state index contributed by atoms with van der Waals surface area (Å²) >= 11 is 5.75. The number of anilines is 1. The van der Waals surface area contributed by atoms with Crippen LogP contribution in [0.2, 0.25) is 5.15 Å². The van der Waals surface area contributed by atoms with Gasteiger partial charge in [-0.05, 0) is 25.5 Å². The Labute approximate surface area is 84.3 Å². The molecular weight excluding hydrogens is 184 g/mol. The van der Waals surface area contributed by atoms with E-state index in [1.807, 2.05) is 12.1 Å². The second-order valence-corrected chi connectivity index (χ2v) is 3.59. The van der Waals surface area contributed by atoms with Crippen molar-refractivity contribution in [2.75, 3.05) is 5.32 Å². The Bertz CT molecular complexity index is 263. The van der Waals surface area contributed by atoms with Crippen LogP contribution in [-0.4, -0.2) is 11.0 Å². The van der Waals surface area contributed by atoms with Crippen LogP contribution in [0.5, 0.6) is 0 Å². The van der Waals surface area contributed by atoms with E-state index in [0.717, 1.165) is 5.69 Å². The lowest BCUT2D eigenvalue weighted by atomic mass is 10.2. The quantitative estimate of drug-likeness (QED) is 0.751. The monoisotopic (exact) mass is 198 g/mol. The van der Waals surface area contributed by atoms with Gasteiger partial charge < -0.3 is 5.32 Å². The maximum Gasteiger partial charge on any atom is 0.131 e. The van der Waals surface area contributed by atoms with Gasteiger partial charge in [0.2, 0.25) is 0 Å². The molecule has 0 fully saturated rings. The summed E-state index contributed by atoms with van der Waals surface area (Å²) in [6, 6.07) is 4.26. The summed E-state index contributed by atoms with van der Waals surface area (Å²) in [5.74, 6) is 0. The second-order valence-electron chi connectivity index (χ2n) is 3.20. The molecule has 0 radical (unpaired) electrons. The third-order valence-electron chi connectivity index (χ3n) is 1.86. The third-order valence-corrected chi connectivity index (χ3v) is 2.07. The Morgan fingerprint density at radius 3 is 3.00 bits per heavy atom. The van der Waals surface area contributed by atoms with Crippen LogP contribution < -0.4 is 5.32 Å². The van der Waals surface area contributed by atoms with Crippen LogP contribution in [0.1, 0.15) is 26.7 Å². The van der Waals surface area contributed by atoms with Crippen molar-refractivity contribution < 1.29 is 0 Å². The lowest BCUT2D eigenvalue weighted by Gasteiger charge is -2.13. The van der Waals surface area contributed by atoms with Crippen LogP contribution in [0.3, 0.4) is 0 Å². The maximum absolute atomic E-state index is 5.75. The van der Waals surface area contributed by atoms with Crippen LogP contribution in [0.25, 0.3) is 0 Å². The molecule has 2 nitrogen and oxygen atoms in total. The first-order valence-corrected chi connectivity index (χ1v) is 4.98. The fraction of sp³-hybridized carbons (Fsp3) is 0.500. The minimum Gasteiger partial charge on any atom is -0.382 e. The van der Waals surface area contributed by atoms with Crippen molar-refractivity contribution in [2.45, 2.75) is 32.7 Å². The van der Waals surface area contributed by atoms with Gasteiger partial charge in [0, 0.05) is 17.9 Å². The molecule has 1 atom stereocenters. The summed E-state index contributed by atoms with van der Waals surface area (Å²) in [7, 11) is 0. The Balaban J connectivity index is 2.53. The van der Waals surface area contributed by atoms with Crippen molar-refractivity contribution >= 4 is 17.3 Å². The number of hydrogen-bond acceptors (Lipinski definition) is 2. The van der Waals surface area contributed by atoms with Crippen LogP contribution >= 0.6 is 11.6 Å². The molecule has 1 aromatic heterocycles. The highest BCUT2D eigenvalue weighted by atomic mass is 35.5. The lowest BCUT2D eigenvalue weighted by Crippen LogP contribution is -2.14. The summed E-state index contributed by atoms with van der Waals surface area (Å²) in [5, 5.41) is 3.89. The molecule has 0 aliphatic heterocycles. The molecule has 13 heavy (non-hydrogen) atoms. The molecule has 72 valence electrons. The largest absolute Gasteiger partial charge is 0.382 e. The van der Waals surface area contributed by atoms with Crippen molar-refractivity contribution in [3.63, 3.8) is 0 Å². The van der Waals surface area contributed by atoms with Crippen LogP contribution in [-0.2, 0) is 0 Å². The number of nitrogens with one attached hydrogen (secondary N) is 1. The van der Waals surface area contributed by atoms with E-state index in [1.54, 1.807) is 6.20 Å². The van der Waals surface area contributed by atoms with Gasteiger partial charge in [-0.15, -0.1) is 0 Å². The van der Waals surface area contributed by atoms with E-state index in [4.69, 9.17) is 11.6 Å². The van der Waals surface area contributed by atoms with Crippen molar-refractivity contribution in [3.8, 4) is 0 Å². The molecule has 3 heteroatoms. The zero-order chi connectivity index (χ0) is 9.68. The molecule has 0 aromatic carbocycles. The first-order valence-electron chi connectivity index (χ1n) is 4.60. The van der Waals surface area contributed by atoms with E-state index in [-0.39, 0.29) is 0 Å². The molecule has 1 N–H and O–H groups in total. The molecule has 0 aliphatic carbocycles. The van der Waals surface area contributed by atoms with Crippen LogP contribution in [0, 0.1) is 0 Å². The number of hydrogen-bond donors (Lipinski definition) is 1. The zero-order valence-electron chi connectivity index (χ0n) is 8.05. The molecule has 0 bridgehead atoms. The molecule has 0 saturated heterocycles. The fourth-order valence-corrected chi connectivity index (χ4v) is 1.46. The van der Waals surface area contributed by atoms with Crippen molar-refractivity contribution in [1.29, 1.82) is 0 Å². The molecule has 1 rings (SSSR count). The van der Waals surface area contributed by atoms with E-state index in [9.17, 15) is 0 Å². The third kappa shape index (κ3) is 3.64. The Hall–Kier alpha value is -0.760. The predicted molar refractivity (Wildman–Crippen MR) is 57.2 cm³/mol. The van der Waals surface area contributed by atoms with Crippen LogP contribution in [0.4, 0.5) is 5.69 Å². The van der Waals surface area contributed by atoms with Gasteiger partial charge in [0.1, 0.15) is 5.15 Å². The van der Waals surface area contributed by atoms with Gasteiger partial charge >= 0.3 is 0 Å². The standard InChI is InChI=1S/C10H15ClN2/c1-3-4-8(2)13-9-5-6-12-10(11)7-9/h5-8H,3-4H2,1-2H3,(H,12,13). The number of rotatable bonds is 4. The van der Waals surface area contributed by atoms with Gasteiger partial charge in [-0.3, -0.25) is 0 Å². The smallest absolute Gasteiger partial charge is 0.131 e. The summed E-state index contributed by atoms with van der Waals surface area (Å²) < 4.78 is 0. The summed E-state index contributed by atoms with van der Waals surface area (Å²) in [6.07, 6.45) is 4.07. The van der Waals surface area contributed by atoms with Gasteiger partial charge in [-0.1, -0.05) is 24.9 Å². The Kier molecular flexibility index (Phi) is 4.03. The van der Waals surface area contributed by atoms with E-state index >= 15 is 0 Å². The first-order chi connectivity index (χ1) is 6.22. The first kappa shape index (κ1) is 10.3. The van der Waals surface area contributed by atoms with Gasteiger partial charge in [-0.25, -0.2) is 4.98 Å². The highest BCUT2D eigenvalue weighted by molar-refractivity contribution is 6.29. The van der Waals surface area contributed by atoms with E-state index in [1.165, 1.54) is 12.8 Å². The zero-order valence-corrected chi connectivity index (χ0v) is 8.80. The predicted octanol–water partition coefficient (Wildman–Crippen LogP) is 3.34. The van der Waals surface area contributed by atoms with Crippen molar-refractivity contribution in [2.24, 2.45) is 0 Å². The van der Waals surface area contributed by atoms with E-state index < -0.39 is 0 Å². The van der Waals surface area contributed by atoms with Gasteiger partial charge in [-0.2, -0.15) is 0 Å². The second kappa shape index (κ2) is 5.07. The molecule has 0 spiro atoms. The molecule has 1 heterocycles. The normalized spacial score (nSPS) is 12.5. The lowest BCUT2D eigenvalue weighted by molar-refractivity contribution is 0.690. The number of halogens is 1. The molecule has 0 saturated carbocycles.